The Labute approximate surface area is 88.4 Å². The van der Waals surface area contributed by atoms with E-state index in [-0.39, 0.29) is 12.0 Å². The highest BCUT2D eigenvalue weighted by molar-refractivity contribution is 5.90. The van der Waals surface area contributed by atoms with Crippen molar-refractivity contribution in [1.82, 2.24) is 15.1 Å². The predicted octanol–water partition coefficient (Wildman–Crippen LogP) is 0.724. The van der Waals surface area contributed by atoms with Crippen molar-refractivity contribution >= 4 is 5.97 Å². The smallest absolute Gasteiger partial charge is 0.341 e. The van der Waals surface area contributed by atoms with E-state index in [1.54, 1.807) is 13.1 Å². The average Bonchev–Trinajstić information content (AvgIpc) is 2.63. The number of ether oxygens (including phenoxy) is 1. The van der Waals surface area contributed by atoms with Crippen molar-refractivity contribution in [1.29, 1.82) is 0 Å². The standard InChI is InChI=1S/C10H15N3O2/c1-3-15-10(14)8-6-12-13-5-4-11-7(2)9(8)13/h6-7,11H,3-5H2,1-2H3. The topological polar surface area (TPSA) is 56.1 Å². The van der Waals surface area contributed by atoms with Crippen LogP contribution in [0.5, 0.6) is 0 Å². The number of hydrogen-bond donors (Lipinski definition) is 1. The molecule has 15 heavy (non-hydrogen) atoms. The van der Waals surface area contributed by atoms with Crippen molar-refractivity contribution < 1.29 is 9.53 Å². The van der Waals surface area contributed by atoms with Crippen LogP contribution in [0.1, 0.15) is 35.9 Å². The zero-order valence-corrected chi connectivity index (χ0v) is 8.99. The number of fused-ring (bicyclic) bond motifs is 1. The Bertz CT molecular complexity index is 373. The van der Waals surface area contributed by atoms with E-state index < -0.39 is 0 Å². The highest BCUT2D eigenvalue weighted by Gasteiger charge is 2.25. The Balaban J connectivity index is 2.33. The van der Waals surface area contributed by atoms with Gasteiger partial charge >= 0.3 is 5.97 Å². The van der Waals surface area contributed by atoms with E-state index in [0.717, 1.165) is 18.8 Å². The highest BCUT2D eigenvalue weighted by Crippen LogP contribution is 2.21. The third-order valence-electron chi connectivity index (χ3n) is 2.56. The number of aromatic nitrogens is 2. The van der Waals surface area contributed by atoms with Gasteiger partial charge in [-0.3, -0.25) is 4.68 Å². The zero-order valence-electron chi connectivity index (χ0n) is 8.99. The monoisotopic (exact) mass is 209 g/mol. The quantitative estimate of drug-likeness (QED) is 0.729. The van der Waals surface area contributed by atoms with E-state index >= 15 is 0 Å². The molecule has 1 aromatic rings. The molecule has 1 aromatic heterocycles. The lowest BCUT2D eigenvalue weighted by molar-refractivity contribution is 0.0523. The molecule has 1 aliphatic heterocycles. The molecule has 82 valence electrons. The maximum Gasteiger partial charge on any atom is 0.341 e. The molecule has 1 aliphatic rings. The number of carbonyl (C=O) groups is 1. The van der Waals surface area contributed by atoms with Crippen molar-refractivity contribution in [3.8, 4) is 0 Å². The molecular weight excluding hydrogens is 194 g/mol. The Morgan fingerprint density at radius 2 is 2.60 bits per heavy atom. The van der Waals surface area contributed by atoms with Gasteiger partial charge in [0.25, 0.3) is 0 Å². The first-order valence-electron chi connectivity index (χ1n) is 5.20. The van der Waals surface area contributed by atoms with Gasteiger partial charge in [0.2, 0.25) is 0 Å². The van der Waals surface area contributed by atoms with Crippen LogP contribution >= 0.6 is 0 Å². The van der Waals surface area contributed by atoms with Gasteiger partial charge in [-0.25, -0.2) is 4.79 Å². The van der Waals surface area contributed by atoms with Crippen LogP contribution in [-0.2, 0) is 11.3 Å². The maximum atomic E-state index is 11.6. The second-order valence-corrected chi connectivity index (χ2v) is 3.56. The minimum Gasteiger partial charge on any atom is -0.462 e. The summed E-state index contributed by atoms with van der Waals surface area (Å²) in [5, 5.41) is 7.48. The summed E-state index contributed by atoms with van der Waals surface area (Å²) < 4.78 is 6.85. The van der Waals surface area contributed by atoms with Crippen LogP contribution in [0.2, 0.25) is 0 Å². The Kier molecular flexibility index (Phi) is 2.73. The van der Waals surface area contributed by atoms with Gasteiger partial charge in [-0.15, -0.1) is 0 Å². The first kappa shape index (κ1) is 10.2. The fourth-order valence-electron chi connectivity index (χ4n) is 1.88. The van der Waals surface area contributed by atoms with Gasteiger partial charge in [0, 0.05) is 12.6 Å². The largest absolute Gasteiger partial charge is 0.462 e. The molecule has 2 rings (SSSR count). The minimum absolute atomic E-state index is 0.153. The number of hydrogen-bond acceptors (Lipinski definition) is 4. The average molecular weight is 209 g/mol. The number of rotatable bonds is 2. The van der Waals surface area contributed by atoms with Crippen LogP contribution in [0, 0.1) is 0 Å². The van der Waals surface area contributed by atoms with Crippen LogP contribution in [-0.4, -0.2) is 28.9 Å². The van der Waals surface area contributed by atoms with Crippen LogP contribution in [0.25, 0.3) is 0 Å². The summed E-state index contributed by atoms with van der Waals surface area (Å²) in [5.41, 5.74) is 1.51. The van der Waals surface area contributed by atoms with Gasteiger partial charge < -0.3 is 10.1 Å². The molecule has 2 heterocycles. The van der Waals surface area contributed by atoms with Crippen LogP contribution < -0.4 is 5.32 Å². The van der Waals surface area contributed by atoms with Crippen LogP contribution in [0.15, 0.2) is 6.20 Å². The van der Waals surface area contributed by atoms with E-state index in [2.05, 4.69) is 10.4 Å². The first-order valence-corrected chi connectivity index (χ1v) is 5.20. The summed E-state index contributed by atoms with van der Waals surface area (Å²) in [6, 6.07) is 0.153. The molecule has 5 heteroatoms. The van der Waals surface area contributed by atoms with Gasteiger partial charge in [-0.05, 0) is 13.8 Å². The lowest BCUT2D eigenvalue weighted by Gasteiger charge is -2.22. The third kappa shape index (κ3) is 1.74. The SMILES string of the molecule is CCOC(=O)c1cnn2c1C(C)NCC2. The molecule has 1 N–H and O–H groups in total. The van der Waals surface area contributed by atoms with Gasteiger partial charge in [0.1, 0.15) is 5.56 Å². The van der Waals surface area contributed by atoms with Gasteiger partial charge in [-0.1, -0.05) is 0 Å². The second kappa shape index (κ2) is 4.02. The summed E-state index contributed by atoms with van der Waals surface area (Å²) in [4.78, 5) is 11.6. The zero-order chi connectivity index (χ0) is 10.8. The highest BCUT2D eigenvalue weighted by atomic mass is 16.5. The Hall–Kier alpha value is -1.36. The molecule has 0 aliphatic carbocycles. The summed E-state index contributed by atoms with van der Waals surface area (Å²) >= 11 is 0. The molecule has 0 radical (unpaired) electrons. The van der Waals surface area contributed by atoms with Crippen LogP contribution in [0.3, 0.4) is 0 Å². The molecule has 0 saturated carbocycles. The summed E-state index contributed by atoms with van der Waals surface area (Å²) in [7, 11) is 0. The van der Waals surface area contributed by atoms with E-state index in [0.29, 0.717) is 12.2 Å². The Morgan fingerprint density at radius 1 is 1.80 bits per heavy atom. The van der Waals surface area contributed by atoms with E-state index in [1.807, 2.05) is 11.6 Å². The third-order valence-corrected chi connectivity index (χ3v) is 2.56. The number of esters is 1. The molecule has 1 atom stereocenters. The van der Waals surface area contributed by atoms with E-state index in [9.17, 15) is 4.79 Å². The number of carbonyl (C=O) groups excluding carboxylic acids is 1. The lowest BCUT2D eigenvalue weighted by Crippen LogP contribution is -2.33. The minimum atomic E-state index is -0.283. The maximum absolute atomic E-state index is 11.6. The van der Waals surface area contributed by atoms with E-state index in [4.69, 9.17) is 4.74 Å². The summed E-state index contributed by atoms with van der Waals surface area (Å²) in [5.74, 6) is -0.283. The second-order valence-electron chi connectivity index (χ2n) is 3.56. The fraction of sp³-hybridized carbons (Fsp3) is 0.600. The molecule has 5 nitrogen and oxygen atoms in total. The number of nitrogens with zero attached hydrogens (tertiary/aromatic N) is 2. The molecule has 0 fully saturated rings. The summed E-state index contributed by atoms with van der Waals surface area (Å²) in [6.45, 7) is 5.91. The normalized spacial score (nSPS) is 19.7. The number of nitrogens with one attached hydrogen (secondary N) is 1. The Morgan fingerprint density at radius 3 is 3.33 bits per heavy atom. The van der Waals surface area contributed by atoms with Crippen molar-refractivity contribution in [2.24, 2.45) is 0 Å². The van der Waals surface area contributed by atoms with Crippen molar-refractivity contribution in [2.45, 2.75) is 26.4 Å². The van der Waals surface area contributed by atoms with Crippen LogP contribution in [0.4, 0.5) is 0 Å². The molecular formula is C10H15N3O2. The molecule has 0 spiro atoms. The predicted molar refractivity (Wildman–Crippen MR) is 54.6 cm³/mol. The molecule has 0 bridgehead atoms. The van der Waals surface area contributed by atoms with E-state index in [1.165, 1.54) is 0 Å². The fourth-order valence-corrected chi connectivity index (χ4v) is 1.88. The van der Waals surface area contributed by atoms with Gasteiger partial charge in [0.15, 0.2) is 0 Å². The van der Waals surface area contributed by atoms with Gasteiger partial charge in [-0.2, -0.15) is 5.10 Å². The molecule has 0 aromatic carbocycles. The van der Waals surface area contributed by atoms with Gasteiger partial charge in [0.05, 0.1) is 25.0 Å². The molecule has 1 unspecified atom stereocenters. The lowest BCUT2D eigenvalue weighted by atomic mass is 10.1. The van der Waals surface area contributed by atoms with Crippen molar-refractivity contribution in [2.75, 3.05) is 13.2 Å². The summed E-state index contributed by atoms with van der Waals surface area (Å²) in [6.07, 6.45) is 1.59. The van der Waals surface area contributed by atoms with Crippen molar-refractivity contribution in [3.63, 3.8) is 0 Å². The van der Waals surface area contributed by atoms with Crippen molar-refractivity contribution in [3.05, 3.63) is 17.5 Å². The first-order chi connectivity index (χ1) is 7.24. The molecule has 0 amide bonds. The molecule has 0 saturated heterocycles.